The highest BCUT2D eigenvalue weighted by molar-refractivity contribution is 7.99. The predicted octanol–water partition coefficient (Wildman–Crippen LogP) is 4.53. The van der Waals surface area contributed by atoms with Crippen LogP contribution in [0.2, 0.25) is 0 Å². The largest absolute Gasteiger partial charge is 0.368 e. The van der Waals surface area contributed by atoms with Crippen LogP contribution >= 0.6 is 11.8 Å². The Balaban J connectivity index is 1.35. The number of thioether (sulfide) groups is 1. The van der Waals surface area contributed by atoms with Crippen molar-refractivity contribution in [1.82, 2.24) is 9.97 Å². The second kappa shape index (κ2) is 9.47. The molecule has 0 amide bonds. The summed E-state index contributed by atoms with van der Waals surface area (Å²) in [5, 5.41) is 0.795. The molecule has 4 rings (SSSR count). The van der Waals surface area contributed by atoms with Gasteiger partial charge in [-0.1, -0.05) is 35.5 Å². The number of piperazine rings is 1. The highest BCUT2D eigenvalue weighted by Gasteiger charge is 2.19. The van der Waals surface area contributed by atoms with Crippen LogP contribution in [0.25, 0.3) is 0 Å². The number of aromatic nitrogens is 2. The monoisotopic (exact) mass is 436 g/mol. The maximum atomic E-state index is 13.2. The Bertz CT molecular complexity index is 1070. The number of carbonyl (C=O) groups excluding carboxylic acids is 1. The van der Waals surface area contributed by atoms with Gasteiger partial charge in [-0.15, -0.1) is 0 Å². The van der Waals surface area contributed by atoms with Crippen molar-refractivity contribution in [1.29, 1.82) is 0 Å². The van der Waals surface area contributed by atoms with Crippen molar-refractivity contribution in [3.05, 3.63) is 77.4 Å². The summed E-state index contributed by atoms with van der Waals surface area (Å²) in [7, 11) is 0. The molecular formula is C24H25FN4OS. The van der Waals surface area contributed by atoms with Crippen LogP contribution in [0.3, 0.4) is 0 Å². The van der Waals surface area contributed by atoms with E-state index in [9.17, 15) is 9.18 Å². The molecule has 160 valence electrons. The van der Waals surface area contributed by atoms with Crippen LogP contribution in [0, 0.1) is 19.7 Å². The zero-order valence-corrected chi connectivity index (χ0v) is 18.5. The van der Waals surface area contributed by atoms with E-state index in [0.29, 0.717) is 5.75 Å². The van der Waals surface area contributed by atoms with Gasteiger partial charge >= 0.3 is 0 Å². The number of nitrogens with zero attached hydrogens (tertiary/aromatic N) is 4. The summed E-state index contributed by atoms with van der Waals surface area (Å²) in [6, 6.07) is 14.5. The number of rotatable bonds is 6. The molecule has 0 spiro atoms. The molecule has 0 unspecified atom stereocenters. The Labute approximate surface area is 186 Å². The molecule has 0 N–H and O–H groups in total. The first-order valence-corrected chi connectivity index (χ1v) is 11.3. The molecule has 1 aliphatic rings. The van der Waals surface area contributed by atoms with Gasteiger partial charge in [-0.2, -0.15) is 0 Å². The van der Waals surface area contributed by atoms with Crippen molar-refractivity contribution in [2.24, 2.45) is 0 Å². The minimum Gasteiger partial charge on any atom is -0.368 e. The SMILES string of the molecule is Cc1ccc(C(=O)CSc2cc(N3CCN(c4ccc(F)cc4)CC3)ncn2)c(C)c1. The normalized spacial score (nSPS) is 14.0. The summed E-state index contributed by atoms with van der Waals surface area (Å²) in [6.07, 6.45) is 1.56. The topological polar surface area (TPSA) is 49.3 Å². The van der Waals surface area contributed by atoms with Crippen LogP contribution in [0.1, 0.15) is 21.5 Å². The molecule has 0 aliphatic carbocycles. The van der Waals surface area contributed by atoms with Gasteiger partial charge in [0, 0.05) is 43.5 Å². The van der Waals surface area contributed by atoms with Crippen LogP contribution in [0.5, 0.6) is 0 Å². The van der Waals surface area contributed by atoms with Crippen molar-refractivity contribution in [2.45, 2.75) is 18.9 Å². The summed E-state index contributed by atoms with van der Waals surface area (Å²) in [6.45, 7) is 7.31. The Hall–Kier alpha value is -2.93. The summed E-state index contributed by atoms with van der Waals surface area (Å²) < 4.78 is 13.2. The van der Waals surface area contributed by atoms with Gasteiger partial charge in [0.15, 0.2) is 5.78 Å². The first-order valence-electron chi connectivity index (χ1n) is 10.3. The second-order valence-corrected chi connectivity index (χ2v) is 8.69. The van der Waals surface area contributed by atoms with Crippen molar-refractivity contribution in [2.75, 3.05) is 41.7 Å². The van der Waals surface area contributed by atoms with Crippen LogP contribution in [-0.4, -0.2) is 47.7 Å². The van der Waals surface area contributed by atoms with Gasteiger partial charge in [0.25, 0.3) is 0 Å². The molecular weight excluding hydrogens is 411 g/mol. The Morgan fingerprint density at radius 1 is 0.968 bits per heavy atom. The van der Waals surface area contributed by atoms with E-state index in [0.717, 1.165) is 59.4 Å². The molecule has 1 aliphatic heterocycles. The van der Waals surface area contributed by atoms with Gasteiger partial charge < -0.3 is 9.80 Å². The van der Waals surface area contributed by atoms with E-state index >= 15 is 0 Å². The lowest BCUT2D eigenvalue weighted by molar-refractivity contribution is 0.102. The molecule has 1 fully saturated rings. The molecule has 0 bridgehead atoms. The lowest BCUT2D eigenvalue weighted by Crippen LogP contribution is -2.46. The first-order chi connectivity index (χ1) is 15.0. The fourth-order valence-corrected chi connectivity index (χ4v) is 4.52. The van der Waals surface area contributed by atoms with Crippen molar-refractivity contribution in [3.63, 3.8) is 0 Å². The number of ketones is 1. The summed E-state index contributed by atoms with van der Waals surface area (Å²) in [5.41, 5.74) is 3.96. The fourth-order valence-electron chi connectivity index (χ4n) is 3.77. The third-order valence-electron chi connectivity index (χ3n) is 5.46. The highest BCUT2D eigenvalue weighted by Crippen LogP contribution is 2.24. The Morgan fingerprint density at radius 2 is 1.68 bits per heavy atom. The molecule has 2 aromatic carbocycles. The van der Waals surface area contributed by atoms with E-state index in [-0.39, 0.29) is 11.6 Å². The van der Waals surface area contributed by atoms with E-state index in [1.54, 1.807) is 6.33 Å². The van der Waals surface area contributed by atoms with Crippen LogP contribution < -0.4 is 9.80 Å². The average molecular weight is 437 g/mol. The average Bonchev–Trinajstić information content (AvgIpc) is 2.78. The number of aryl methyl sites for hydroxylation is 2. The van der Waals surface area contributed by atoms with Crippen molar-refractivity contribution in [3.8, 4) is 0 Å². The van der Waals surface area contributed by atoms with Gasteiger partial charge in [-0.25, -0.2) is 14.4 Å². The molecule has 3 aromatic rings. The Morgan fingerprint density at radius 3 is 2.39 bits per heavy atom. The molecule has 7 heteroatoms. The lowest BCUT2D eigenvalue weighted by atomic mass is 10.0. The van der Waals surface area contributed by atoms with Crippen molar-refractivity contribution < 1.29 is 9.18 Å². The third kappa shape index (κ3) is 5.22. The molecule has 2 heterocycles. The highest BCUT2D eigenvalue weighted by atomic mass is 32.2. The van der Waals surface area contributed by atoms with E-state index < -0.39 is 0 Å². The maximum Gasteiger partial charge on any atom is 0.173 e. The van der Waals surface area contributed by atoms with Crippen LogP contribution in [-0.2, 0) is 0 Å². The van der Waals surface area contributed by atoms with E-state index in [2.05, 4.69) is 19.8 Å². The fraction of sp³-hybridized carbons (Fsp3) is 0.292. The molecule has 0 saturated carbocycles. The van der Waals surface area contributed by atoms with Crippen LogP contribution in [0.4, 0.5) is 15.9 Å². The van der Waals surface area contributed by atoms with E-state index in [4.69, 9.17) is 0 Å². The van der Waals surface area contributed by atoms with E-state index in [1.165, 1.54) is 23.9 Å². The van der Waals surface area contributed by atoms with Gasteiger partial charge in [-0.05, 0) is 43.7 Å². The molecule has 5 nitrogen and oxygen atoms in total. The molecule has 0 atom stereocenters. The quantitative estimate of drug-likeness (QED) is 0.321. The van der Waals surface area contributed by atoms with Crippen molar-refractivity contribution >= 4 is 29.1 Å². The standard InChI is InChI=1S/C24H25FN4OS/c1-17-3-8-21(18(2)13-17)22(30)15-31-24-14-23(26-16-27-24)29-11-9-28(10-12-29)20-6-4-19(25)5-7-20/h3-8,13-14,16H,9-12,15H2,1-2H3. The number of anilines is 2. The van der Waals surface area contributed by atoms with Gasteiger partial charge in [0.1, 0.15) is 23.0 Å². The number of Topliss-reactive ketones (excluding diaryl/α,β-unsaturated/α-hetero) is 1. The van der Waals surface area contributed by atoms with Gasteiger partial charge in [0.2, 0.25) is 0 Å². The van der Waals surface area contributed by atoms with E-state index in [1.807, 2.05) is 50.2 Å². The smallest absolute Gasteiger partial charge is 0.173 e. The van der Waals surface area contributed by atoms with Gasteiger partial charge in [-0.3, -0.25) is 4.79 Å². The molecule has 1 saturated heterocycles. The maximum absolute atomic E-state index is 13.2. The minimum atomic E-state index is -0.218. The summed E-state index contributed by atoms with van der Waals surface area (Å²) in [4.78, 5) is 25.9. The predicted molar refractivity (Wildman–Crippen MR) is 124 cm³/mol. The summed E-state index contributed by atoms with van der Waals surface area (Å²) in [5.74, 6) is 1.11. The zero-order valence-electron chi connectivity index (χ0n) is 17.7. The first kappa shape index (κ1) is 21.3. The summed E-state index contributed by atoms with van der Waals surface area (Å²) >= 11 is 1.44. The number of hydrogen-bond acceptors (Lipinski definition) is 6. The lowest BCUT2D eigenvalue weighted by Gasteiger charge is -2.36. The number of benzene rings is 2. The van der Waals surface area contributed by atoms with Crippen LogP contribution in [0.15, 0.2) is 59.9 Å². The Kier molecular flexibility index (Phi) is 6.51. The third-order valence-corrected chi connectivity index (χ3v) is 6.38. The molecule has 0 radical (unpaired) electrons. The minimum absolute atomic E-state index is 0.107. The molecule has 1 aromatic heterocycles. The molecule has 31 heavy (non-hydrogen) atoms. The van der Waals surface area contributed by atoms with Gasteiger partial charge in [0.05, 0.1) is 5.75 Å². The number of halogens is 1. The zero-order chi connectivity index (χ0) is 21.8. The second-order valence-electron chi connectivity index (χ2n) is 7.70. The number of hydrogen-bond donors (Lipinski definition) is 0. The number of carbonyl (C=O) groups is 1.